The van der Waals surface area contributed by atoms with Crippen molar-refractivity contribution in [1.29, 1.82) is 0 Å². The lowest BCUT2D eigenvalue weighted by Crippen LogP contribution is -2.55. The summed E-state index contributed by atoms with van der Waals surface area (Å²) in [4.78, 5) is 21.5. The number of halogens is 1. The molecule has 1 atom stereocenters. The number of nitrogens with zero attached hydrogens (tertiary/aromatic N) is 6. The molecule has 0 bridgehead atoms. The number of methoxy groups -OCH3 is 1. The third-order valence-corrected chi connectivity index (χ3v) is 6.08. The number of piperazine rings is 1. The van der Waals surface area contributed by atoms with E-state index in [2.05, 4.69) is 15.1 Å². The molecule has 1 fully saturated rings. The summed E-state index contributed by atoms with van der Waals surface area (Å²) in [7, 11) is 1.54. The quantitative estimate of drug-likeness (QED) is 0.475. The van der Waals surface area contributed by atoms with E-state index in [0.717, 1.165) is 28.1 Å². The number of anilines is 1. The second kappa shape index (κ2) is 8.37. The van der Waals surface area contributed by atoms with Crippen LogP contribution in [-0.2, 0) is 9.53 Å². The summed E-state index contributed by atoms with van der Waals surface area (Å²) in [5.41, 5.74) is 2.51. The van der Waals surface area contributed by atoms with Gasteiger partial charge < -0.3 is 14.5 Å². The largest absolute Gasteiger partial charge is 0.375 e. The van der Waals surface area contributed by atoms with E-state index in [1.54, 1.807) is 7.11 Å². The first-order valence-corrected chi connectivity index (χ1v) is 10.9. The lowest BCUT2D eigenvalue weighted by molar-refractivity contribution is -0.137. The first-order valence-electron chi connectivity index (χ1n) is 10.5. The molecule has 0 spiro atoms. The van der Waals surface area contributed by atoms with Crippen molar-refractivity contribution >= 4 is 40.0 Å². The van der Waals surface area contributed by atoms with Crippen molar-refractivity contribution in [3.8, 4) is 11.4 Å². The molecule has 2 aromatic heterocycles. The fourth-order valence-corrected chi connectivity index (χ4v) is 4.41. The number of carbonyl (C=O) groups is 1. The Morgan fingerprint density at radius 2 is 1.91 bits per heavy atom. The number of hydrogen-bond donors (Lipinski definition) is 0. The number of para-hydroxylation sites is 1. The van der Waals surface area contributed by atoms with Crippen molar-refractivity contribution in [3.05, 3.63) is 53.6 Å². The van der Waals surface area contributed by atoms with Crippen LogP contribution in [0.1, 0.15) is 6.92 Å². The Balaban J connectivity index is 1.62. The zero-order chi connectivity index (χ0) is 22.2. The van der Waals surface area contributed by atoms with Crippen molar-refractivity contribution in [2.75, 3.05) is 38.3 Å². The molecule has 8 nitrogen and oxygen atoms in total. The molecule has 4 aromatic rings. The van der Waals surface area contributed by atoms with Crippen LogP contribution in [-0.4, -0.2) is 69.8 Å². The molecule has 32 heavy (non-hydrogen) atoms. The standard InChI is InChI=1S/C23H23ClN6O2/c1-15-13-28(11-12-29(15)20(31)14-32-2)23-25-19-6-4-3-5-18(19)22-27-26-21(30(22)23)16-7-9-17(24)10-8-16/h3-10,15H,11-14H2,1-2H3/t15-/m0/s1. The van der Waals surface area contributed by atoms with Gasteiger partial charge in [0.25, 0.3) is 0 Å². The van der Waals surface area contributed by atoms with Crippen molar-refractivity contribution in [2.24, 2.45) is 0 Å². The highest BCUT2D eigenvalue weighted by atomic mass is 35.5. The molecule has 0 unspecified atom stereocenters. The Morgan fingerprint density at radius 3 is 2.66 bits per heavy atom. The Kier molecular flexibility index (Phi) is 5.40. The maximum atomic E-state index is 12.4. The minimum Gasteiger partial charge on any atom is -0.375 e. The van der Waals surface area contributed by atoms with Gasteiger partial charge in [-0.25, -0.2) is 9.38 Å². The second-order valence-electron chi connectivity index (χ2n) is 7.93. The van der Waals surface area contributed by atoms with Gasteiger partial charge in [-0.2, -0.15) is 0 Å². The minimum absolute atomic E-state index is 0.00224. The van der Waals surface area contributed by atoms with E-state index >= 15 is 0 Å². The molecular weight excluding hydrogens is 428 g/mol. The molecule has 0 N–H and O–H groups in total. The van der Waals surface area contributed by atoms with E-state index in [1.165, 1.54) is 0 Å². The Hall–Kier alpha value is -3.23. The highest BCUT2D eigenvalue weighted by molar-refractivity contribution is 6.30. The zero-order valence-electron chi connectivity index (χ0n) is 17.9. The molecule has 2 aromatic carbocycles. The number of aromatic nitrogens is 4. The maximum Gasteiger partial charge on any atom is 0.248 e. The summed E-state index contributed by atoms with van der Waals surface area (Å²) in [6.07, 6.45) is 0. The van der Waals surface area contributed by atoms with Crippen LogP contribution in [0, 0.1) is 0 Å². The normalized spacial score (nSPS) is 16.8. The van der Waals surface area contributed by atoms with Gasteiger partial charge in [-0.1, -0.05) is 23.7 Å². The van der Waals surface area contributed by atoms with Crippen molar-refractivity contribution in [2.45, 2.75) is 13.0 Å². The highest BCUT2D eigenvalue weighted by Gasteiger charge is 2.30. The maximum absolute atomic E-state index is 12.4. The summed E-state index contributed by atoms with van der Waals surface area (Å²) in [5, 5.41) is 10.6. The topological polar surface area (TPSA) is 75.9 Å². The molecule has 1 aliphatic rings. The molecule has 1 amide bonds. The molecule has 0 saturated carbocycles. The van der Waals surface area contributed by atoms with Gasteiger partial charge in [-0.05, 0) is 43.3 Å². The minimum atomic E-state index is 0.00224. The third-order valence-electron chi connectivity index (χ3n) is 5.83. The van der Waals surface area contributed by atoms with E-state index in [4.69, 9.17) is 21.3 Å². The van der Waals surface area contributed by atoms with Crippen LogP contribution in [0.3, 0.4) is 0 Å². The molecule has 5 rings (SSSR count). The van der Waals surface area contributed by atoms with Crippen molar-refractivity contribution in [1.82, 2.24) is 24.5 Å². The van der Waals surface area contributed by atoms with E-state index in [1.807, 2.05) is 64.8 Å². The van der Waals surface area contributed by atoms with Crippen LogP contribution in [0.15, 0.2) is 48.5 Å². The number of carbonyl (C=O) groups excluding carboxylic acids is 1. The SMILES string of the molecule is COCC(=O)N1CCN(c2nc3ccccc3c3nnc(-c4ccc(Cl)cc4)n23)C[C@@H]1C. The van der Waals surface area contributed by atoms with Gasteiger partial charge in [0.2, 0.25) is 11.9 Å². The number of rotatable bonds is 4. The lowest BCUT2D eigenvalue weighted by Gasteiger charge is -2.40. The summed E-state index contributed by atoms with van der Waals surface area (Å²) in [6, 6.07) is 15.5. The molecule has 164 valence electrons. The van der Waals surface area contributed by atoms with Gasteiger partial charge in [0, 0.05) is 48.8 Å². The lowest BCUT2D eigenvalue weighted by atomic mass is 10.2. The van der Waals surface area contributed by atoms with Crippen LogP contribution >= 0.6 is 11.6 Å². The van der Waals surface area contributed by atoms with Crippen LogP contribution < -0.4 is 4.90 Å². The molecule has 0 aliphatic carbocycles. The molecule has 1 saturated heterocycles. The number of ether oxygens (including phenoxy) is 1. The van der Waals surface area contributed by atoms with Crippen LogP contribution in [0.2, 0.25) is 5.02 Å². The van der Waals surface area contributed by atoms with Gasteiger partial charge in [0.15, 0.2) is 11.5 Å². The number of hydrogen-bond acceptors (Lipinski definition) is 6. The molecule has 0 radical (unpaired) electrons. The van der Waals surface area contributed by atoms with Gasteiger partial charge in [-0.15, -0.1) is 10.2 Å². The zero-order valence-corrected chi connectivity index (χ0v) is 18.7. The molecule has 3 heterocycles. The molecule has 1 aliphatic heterocycles. The first kappa shape index (κ1) is 20.7. The highest BCUT2D eigenvalue weighted by Crippen LogP contribution is 2.30. The fraction of sp³-hybridized carbons (Fsp3) is 0.304. The van der Waals surface area contributed by atoms with Crippen LogP contribution in [0.4, 0.5) is 5.95 Å². The van der Waals surface area contributed by atoms with E-state index in [0.29, 0.717) is 30.5 Å². The number of fused-ring (bicyclic) bond motifs is 3. The predicted octanol–water partition coefficient (Wildman–Crippen LogP) is 3.28. The number of benzene rings is 2. The first-order chi connectivity index (χ1) is 15.6. The Morgan fingerprint density at radius 1 is 1.12 bits per heavy atom. The average molecular weight is 451 g/mol. The predicted molar refractivity (Wildman–Crippen MR) is 124 cm³/mol. The monoisotopic (exact) mass is 450 g/mol. The third kappa shape index (κ3) is 3.55. The van der Waals surface area contributed by atoms with Gasteiger partial charge in [-0.3, -0.25) is 4.79 Å². The summed E-state index contributed by atoms with van der Waals surface area (Å²) in [6.45, 7) is 4.03. The second-order valence-corrected chi connectivity index (χ2v) is 8.37. The van der Waals surface area contributed by atoms with Crippen molar-refractivity contribution < 1.29 is 9.53 Å². The van der Waals surface area contributed by atoms with Gasteiger partial charge in [0.05, 0.1) is 5.52 Å². The summed E-state index contributed by atoms with van der Waals surface area (Å²) < 4.78 is 7.04. The van der Waals surface area contributed by atoms with Crippen LogP contribution in [0.25, 0.3) is 27.9 Å². The summed E-state index contributed by atoms with van der Waals surface area (Å²) in [5.74, 6) is 1.47. The Labute approximate surface area is 190 Å². The van der Waals surface area contributed by atoms with E-state index in [-0.39, 0.29) is 18.6 Å². The fourth-order valence-electron chi connectivity index (χ4n) is 4.28. The smallest absolute Gasteiger partial charge is 0.248 e. The van der Waals surface area contributed by atoms with Crippen molar-refractivity contribution in [3.63, 3.8) is 0 Å². The van der Waals surface area contributed by atoms with E-state index < -0.39 is 0 Å². The number of amides is 1. The Bertz CT molecular complexity index is 1290. The van der Waals surface area contributed by atoms with Gasteiger partial charge in [0.1, 0.15) is 6.61 Å². The molecular formula is C23H23ClN6O2. The van der Waals surface area contributed by atoms with E-state index in [9.17, 15) is 4.79 Å². The van der Waals surface area contributed by atoms with Crippen LogP contribution in [0.5, 0.6) is 0 Å². The summed E-state index contributed by atoms with van der Waals surface area (Å²) >= 11 is 6.10. The molecule has 9 heteroatoms. The average Bonchev–Trinajstić information content (AvgIpc) is 3.24. The van der Waals surface area contributed by atoms with Gasteiger partial charge >= 0.3 is 0 Å².